The molecule has 4 rings (SSSR count). The van der Waals surface area contributed by atoms with Crippen molar-refractivity contribution in [2.75, 3.05) is 12.4 Å². The number of carbonyl (C=O) groups is 2. The maximum Gasteiger partial charge on any atom is 0.341 e. The molecular weight excluding hydrogens is 370 g/mol. The maximum atomic E-state index is 12.7. The molecule has 1 aromatic heterocycles. The molecule has 0 unspecified atom stereocenters. The first-order valence-electron chi connectivity index (χ1n) is 9.66. The van der Waals surface area contributed by atoms with E-state index in [-0.39, 0.29) is 18.3 Å². The molecule has 0 aliphatic heterocycles. The van der Waals surface area contributed by atoms with Crippen LogP contribution in [0.4, 0.5) is 5.00 Å². The first kappa shape index (κ1) is 18.7. The van der Waals surface area contributed by atoms with Crippen molar-refractivity contribution in [3.8, 4) is 0 Å². The molecule has 0 bridgehead atoms. The third-order valence-corrected chi connectivity index (χ3v) is 6.45. The number of fused-ring (bicyclic) bond motifs is 2. The van der Waals surface area contributed by atoms with Crippen molar-refractivity contribution in [1.82, 2.24) is 0 Å². The number of carbonyl (C=O) groups excluding carboxylic acids is 2. The summed E-state index contributed by atoms with van der Waals surface area (Å²) in [5.74, 6) is -0.475. The summed E-state index contributed by atoms with van der Waals surface area (Å²) in [6.45, 7) is 0. The standard InChI is InChI=1S/C23H23NO3S/c1-27-23(26)21-18-9-3-2-4-10-19(18)28-22(21)24-20(25)14-15-11-12-16-7-5-6-8-17(16)13-15/h5-8,11-13H,2-4,9-10,14H2,1H3,(H,24,25). The summed E-state index contributed by atoms with van der Waals surface area (Å²) in [4.78, 5) is 26.3. The average Bonchev–Trinajstić information content (AvgIpc) is 2.87. The topological polar surface area (TPSA) is 55.4 Å². The van der Waals surface area contributed by atoms with Gasteiger partial charge in [-0.1, -0.05) is 48.9 Å². The molecule has 0 fully saturated rings. The minimum absolute atomic E-state index is 0.114. The quantitative estimate of drug-likeness (QED) is 0.493. The van der Waals surface area contributed by atoms with Crippen LogP contribution in [0.25, 0.3) is 10.8 Å². The molecule has 28 heavy (non-hydrogen) atoms. The number of ether oxygens (including phenoxy) is 1. The summed E-state index contributed by atoms with van der Waals surface area (Å²) in [6, 6.07) is 14.2. The lowest BCUT2D eigenvalue weighted by molar-refractivity contribution is -0.115. The van der Waals surface area contributed by atoms with Gasteiger partial charge in [0, 0.05) is 4.88 Å². The van der Waals surface area contributed by atoms with E-state index in [1.54, 1.807) is 0 Å². The molecule has 1 N–H and O–H groups in total. The van der Waals surface area contributed by atoms with Gasteiger partial charge in [-0.25, -0.2) is 4.79 Å². The second kappa shape index (κ2) is 8.15. The Labute approximate surface area is 168 Å². The van der Waals surface area contributed by atoms with Crippen LogP contribution in [0.5, 0.6) is 0 Å². The summed E-state index contributed by atoms with van der Waals surface area (Å²) in [6.07, 6.45) is 5.47. The van der Waals surface area contributed by atoms with Crippen LogP contribution in [0, 0.1) is 0 Å². The van der Waals surface area contributed by atoms with Crippen molar-refractivity contribution in [3.63, 3.8) is 0 Å². The van der Waals surface area contributed by atoms with Crippen molar-refractivity contribution >= 4 is 39.0 Å². The zero-order valence-electron chi connectivity index (χ0n) is 15.9. The third-order valence-electron chi connectivity index (χ3n) is 5.24. The van der Waals surface area contributed by atoms with E-state index in [4.69, 9.17) is 4.74 Å². The van der Waals surface area contributed by atoms with E-state index >= 15 is 0 Å². The number of anilines is 1. The van der Waals surface area contributed by atoms with Crippen molar-refractivity contribution in [2.24, 2.45) is 0 Å². The van der Waals surface area contributed by atoms with Gasteiger partial charge >= 0.3 is 5.97 Å². The van der Waals surface area contributed by atoms with Crippen molar-refractivity contribution in [2.45, 2.75) is 38.5 Å². The smallest absolute Gasteiger partial charge is 0.341 e. The molecular formula is C23H23NO3S. The van der Waals surface area contributed by atoms with Crippen LogP contribution in [0.1, 0.15) is 45.6 Å². The Morgan fingerprint density at radius 2 is 1.82 bits per heavy atom. The fraction of sp³-hybridized carbons (Fsp3) is 0.304. The molecule has 3 aromatic rings. The normalized spacial score (nSPS) is 13.6. The fourth-order valence-corrected chi connectivity index (χ4v) is 5.15. The van der Waals surface area contributed by atoms with Crippen molar-refractivity contribution in [1.29, 1.82) is 0 Å². The Bertz CT molecular complexity index is 1040. The predicted molar refractivity (Wildman–Crippen MR) is 113 cm³/mol. The van der Waals surface area contributed by atoms with Gasteiger partial charge in [-0.15, -0.1) is 11.3 Å². The van der Waals surface area contributed by atoms with Crippen LogP contribution < -0.4 is 5.32 Å². The second-order valence-electron chi connectivity index (χ2n) is 7.17. The SMILES string of the molecule is COC(=O)c1c(NC(=O)Cc2ccc3ccccc3c2)sc2c1CCCCC2. The van der Waals surface area contributed by atoms with E-state index in [1.165, 1.54) is 29.7 Å². The number of hydrogen-bond donors (Lipinski definition) is 1. The molecule has 5 heteroatoms. The average molecular weight is 394 g/mol. The zero-order valence-corrected chi connectivity index (χ0v) is 16.7. The van der Waals surface area contributed by atoms with Gasteiger partial charge in [0.2, 0.25) is 5.91 Å². The van der Waals surface area contributed by atoms with E-state index in [0.29, 0.717) is 10.6 Å². The number of benzene rings is 2. The number of amides is 1. The Balaban J connectivity index is 1.57. The Kier molecular flexibility index (Phi) is 5.44. The van der Waals surface area contributed by atoms with Crippen LogP contribution in [0.3, 0.4) is 0 Å². The molecule has 0 radical (unpaired) electrons. The minimum atomic E-state index is -0.361. The summed E-state index contributed by atoms with van der Waals surface area (Å²) in [5, 5.41) is 5.88. The number of methoxy groups -OCH3 is 1. The van der Waals surface area contributed by atoms with Crippen molar-refractivity contribution < 1.29 is 14.3 Å². The molecule has 0 spiro atoms. The first-order chi connectivity index (χ1) is 13.7. The Morgan fingerprint density at radius 1 is 1.04 bits per heavy atom. The van der Waals surface area contributed by atoms with Gasteiger partial charge in [0.1, 0.15) is 5.00 Å². The molecule has 0 saturated carbocycles. The van der Waals surface area contributed by atoms with E-state index in [1.807, 2.05) is 36.4 Å². The van der Waals surface area contributed by atoms with Gasteiger partial charge < -0.3 is 10.1 Å². The summed E-state index contributed by atoms with van der Waals surface area (Å²) >= 11 is 1.53. The molecule has 0 saturated heterocycles. The van der Waals surface area contributed by atoms with E-state index in [0.717, 1.165) is 47.6 Å². The van der Waals surface area contributed by atoms with E-state index in [9.17, 15) is 9.59 Å². The van der Waals surface area contributed by atoms with Crippen LogP contribution in [-0.2, 0) is 28.8 Å². The Morgan fingerprint density at radius 3 is 2.64 bits per heavy atom. The molecule has 144 valence electrons. The van der Waals surface area contributed by atoms with Crippen LogP contribution in [-0.4, -0.2) is 19.0 Å². The monoisotopic (exact) mass is 393 g/mol. The van der Waals surface area contributed by atoms with E-state index < -0.39 is 0 Å². The highest BCUT2D eigenvalue weighted by molar-refractivity contribution is 7.17. The largest absolute Gasteiger partial charge is 0.465 e. The minimum Gasteiger partial charge on any atom is -0.465 e. The fourth-order valence-electron chi connectivity index (χ4n) is 3.85. The summed E-state index contributed by atoms with van der Waals surface area (Å²) in [5.41, 5.74) is 2.57. The van der Waals surface area contributed by atoms with Gasteiger partial charge in [-0.05, 0) is 47.6 Å². The van der Waals surface area contributed by atoms with Gasteiger partial charge in [-0.2, -0.15) is 0 Å². The van der Waals surface area contributed by atoms with Crippen LogP contribution in [0.2, 0.25) is 0 Å². The Hall–Kier alpha value is -2.66. The van der Waals surface area contributed by atoms with Crippen LogP contribution in [0.15, 0.2) is 42.5 Å². The second-order valence-corrected chi connectivity index (χ2v) is 8.27. The summed E-state index contributed by atoms with van der Waals surface area (Å²) < 4.78 is 5.01. The molecule has 1 aliphatic rings. The third kappa shape index (κ3) is 3.80. The predicted octanol–water partition coefficient (Wildman–Crippen LogP) is 5.14. The lowest BCUT2D eigenvalue weighted by Crippen LogP contribution is -2.16. The van der Waals surface area contributed by atoms with Crippen LogP contribution >= 0.6 is 11.3 Å². The maximum absolute atomic E-state index is 12.7. The highest BCUT2D eigenvalue weighted by atomic mass is 32.1. The number of hydrogen-bond acceptors (Lipinski definition) is 4. The summed E-state index contributed by atoms with van der Waals surface area (Å²) in [7, 11) is 1.39. The zero-order chi connectivity index (χ0) is 19.5. The van der Waals surface area contributed by atoms with E-state index in [2.05, 4.69) is 11.4 Å². The molecule has 0 atom stereocenters. The highest BCUT2D eigenvalue weighted by Gasteiger charge is 2.26. The van der Waals surface area contributed by atoms with Gasteiger partial charge in [-0.3, -0.25) is 4.79 Å². The lowest BCUT2D eigenvalue weighted by atomic mass is 10.0. The number of thiophene rings is 1. The number of nitrogens with one attached hydrogen (secondary N) is 1. The molecule has 2 aromatic carbocycles. The first-order valence-corrected chi connectivity index (χ1v) is 10.5. The number of esters is 1. The molecule has 4 nitrogen and oxygen atoms in total. The number of aryl methyl sites for hydroxylation is 1. The molecule has 1 heterocycles. The molecule has 1 amide bonds. The van der Waals surface area contributed by atoms with Gasteiger partial charge in [0.25, 0.3) is 0 Å². The highest BCUT2D eigenvalue weighted by Crippen LogP contribution is 2.38. The van der Waals surface area contributed by atoms with Gasteiger partial charge in [0.15, 0.2) is 0 Å². The lowest BCUT2D eigenvalue weighted by Gasteiger charge is -2.08. The molecule has 1 aliphatic carbocycles. The van der Waals surface area contributed by atoms with Gasteiger partial charge in [0.05, 0.1) is 19.1 Å². The number of rotatable bonds is 4. The van der Waals surface area contributed by atoms with Crippen molar-refractivity contribution in [3.05, 3.63) is 64.0 Å².